The molecule has 0 N–H and O–H groups in total. The lowest BCUT2D eigenvalue weighted by molar-refractivity contribution is 0.584. The quantitative estimate of drug-likeness (QED) is 0.696. The molecule has 2 rings (SSSR count). The predicted octanol–water partition coefficient (Wildman–Crippen LogP) is 2.99. The van der Waals surface area contributed by atoms with Gasteiger partial charge in [0, 0.05) is 30.7 Å². The molecule has 0 fully saturated rings. The summed E-state index contributed by atoms with van der Waals surface area (Å²) in [6.45, 7) is 0. The lowest BCUT2D eigenvalue weighted by Crippen LogP contribution is -2.09. The summed E-state index contributed by atoms with van der Waals surface area (Å²) < 4.78 is 12.9. The molecule has 0 aliphatic carbocycles. The highest BCUT2D eigenvalue weighted by Crippen LogP contribution is 2.22. The number of pyridine rings is 1. The average Bonchev–Trinajstić information content (AvgIpc) is 2.29. The molecule has 0 radical (unpaired) electrons. The summed E-state index contributed by atoms with van der Waals surface area (Å²) in [6.07, 6.45) is 1.46. The first-order chi connectivity index (χ1) is 7.27. The molecule has 0 amide bonds. The van der Waals surface area contributed by atoms with Gasteiger partial charge in [0.05, 0.1) is 0 Å². The molecule has 0 saturated carbocycles. The number of nitrogens with zero attached hydrogens (tertiary/aromatic N) is 2. The number of halogens is 1. The monoisotopic (exact) mass is 202 g/mol. The highest BCUT2D eigenvalue weighted by molar-refractivity contribution is 5.61. The van der Waals surface area contributed by atoms with Crippen LogP contribution in [0.1, 0.15) is 0 Å². The molecule has 15 heavy (non-hydrogen) atoms. The summed E-state index contributed by atoms with van der Waals surface area (Å²) in [5.74, 6) is -0.463. The van der Waals surface area contributed by atoms with Crippen LogP contribution >= 0.6 is 0 Å². The fraction of sp³-hybridized carbons (Fsp3) is 0.0833. The van der Waals surface area contributed by atoms with E-state index in [1.54, 1.807) is 6.07 Å². The van der Waals surface area contributed by atoms with Crippen LogP contribution in [0, 0.1) is 5.95 Å². The van der Waals surface area contributed by atoms with Crippen molar-refractivity contribution in [3.05, 3.63) is 54.6 Å². The molecule has 76 valence electrons. The summed E-state index contributed by atoms with van der Waals surface area (Å²) in [6, 6.07) is 13.0. The van der Waals surface area contributed by atoms with Crippen LogP contribution in [0.25, 0.3) is 0 Å². The Labute approximate surface area is 88.0 Å². The number of hydrogen-bond acceptors (Lipinski definition) is 2. The van der Waals surface area contributed by atoms with Crippen molar-refractivity contribution in [1.82, 2.24) is 4.98 Å². The molecule has 1 aromatic heterocycles. The van der Waals surface area contributed by atoms with Gasteiger partial charge >= 0.3 is 0 Å². The fourth-order valence-corrected chi connectivity index (χ4v) is 1.40. The van der Waals surface area contributed by atoms with E-state index in [-0.39, 0.29) is 0 Å². The standard InChI is InChI=1S/C12H11FN2/c1-15(10-5-3-2-4-6-10)11-7-8-14-12(13)9-11/h2-9H,1H3. The normalized spacial score (nSPS) is 10.0. The van der Waals surface area contributed by atoms with Crippen molar-refractivity contribution in [2.75, 3.05) is 11.9 Å². The lowest BCUT2D eigenvalue weighted by Gasteiger charge is -2.18. The second-order valence-corrected chi connectivity index (χ2v) is 3.23. The topological polar surface area (TPSA) is 16.1 Å². The number of aromatic nitrogens is 1. The van der Waals surface area contributed by atoms with E-state index in [2.05, 4.69) is 4.98 Å². The van der Waals surface area contributed by atoms with Crippen LogP contribution in [-0.4, -0.2) is 12.0 Å². The van der Waals surface area contributed by atoms with Gasteiger partial charge in [-0.05, 0) is 18.2 Å². The molecule has 0 spiro atoms. The van der Waals surface area contributed by atoms with E-state index in [9.17, 15) is 4.39 Å². The first-order valence-electron chi connectivity index (χ1n) is 4.68. The Hall–Kier alpha value is -1.90. The van der Waals surface area contributed by atoms with Crippen molar-refractivity contribution in [2.24, 2.45) is 0 Å². The van der Waals surface area contributed by atoms with Crippen molar-refractivity contribution in [1.29, 1.82) is 0 Å². The minimum absolute atomic E-state index is 0.463. The number of para-hydroxylation sites is 1. The van der Waals surface area contributed by atoms with Crippen LogP contribution < -0.4 is 4.90 Å². The average molecular weight is 202 g/mol. The SMILES string of the molecule is CN(c1ccccc1)c1ccnc(F)c1. The smallest absolute Gasteiger partial charge is 0.214 e. The first kappa shape index (κ1) is 9.65. The molecule has 1 aromatic carbocycles. The van der Waals surface area contributed by atoms with Gasteiger partial charge in [-0.25, -0.2) is 4.98 Å². The van der Waals surface area contributed by atoms with E-state index in [4.69, 9.17) is 0 Å². The Bertz CT molecular complexity index is 442. The van der Waals surface area contributed by atoms with E-state index in [0.717, 1.165) is 11.4 Å². The number of hydrogen-bond donors (Lipinski definition) is 0. The van der Waals surface area contributed by atoms with Crippen molar-refractivity contribution < 1.29 is 4.39 Å². The second-order valence-electron chi connectivity index (χ2n) is 3.23. The zero-order valence-corrected chi connectivity index (χ0v) is 8.39. The molecular weight excluding hydrogens is 191 g/mol. The maximum absolute atomic E-state index is 12.9. The van der Waals surface area contributed by atoms with Crippen LogP contribution in [0.5, 0.6) is 0 Å². The van der Waals surface area contributed by atoms with Crippen LogP contribution in [0.3, 0.4) is 0 Å². The van der Waals surface area contributed by atoms with E-state index in [1.165, 1.54) is 12.3 Å². The zero-order valence-electron chi connectivity index (χ0n) is 8.39. The summed E-state index contributed by atoms with van der Waals surface area (Å²) in [5.41, 5.74) is 1.80. The van der Waals surface area contributed by atoms with Gasteiger partial charge in [-0.3, -0.25) is 0 Å². The van der Waals surface area contributed by atoms with Crippen molar-refractivity contribution >= 4 is 11.4 Å². The molecule has 0 saturated heterocycles. The number of rotatable bonds is 2. The van der Waals surface area contributed by atoms with Crippen LogP contribution in [0.4, 0.5) is 15.8 Å². The number of anilines is 2. The highest BCUT2D eigenvalue weighted by Gasteiger charge is 2.03. The van der Waals surface area contributed by atoms with Crippen molar-refractivity contribution in [2.45, 2.75) is 0 Å². The molecule has 0 unspecified atom stereocenters. The molecule has 2 nitrogen and oxygen atoms in total. The summed E-state index contributed by atoms with van der Waals surface area (Å²) >= 11 is 0. The van der Waals surface area contributed by atoms with Gasteiger partial charge in [0.15, 0.2) is 0 Å². The van der Waals surface area contributed by atoms with Gasteiger partial charge in [-0.2, -0.15) is 4.39 Å². The molecule has 3 heteroatoms. The molecule has 0 atom stereocenters. The van der Waals surface area contributed by atoms with Gasteiger partial charge in [-0.1, -0.05) is 18.2 Å². The zero-order chi connectivity index (χ0) is 10.7. The third-order valence-corrected chi connectivity index (χ3v) is 2.24. The van der Waals surface area contributed by atoms with Gasteiger partial charge < -0.3 is 4.90 Å². The van der Waals surface area contributed by atoms with Gasteiger partial charge in [0.2, 0.25) is 5.95 Å². The van der Waals surface area contributed by atoms with Crippen molar-refractivity contribution in [3.8, 4) is 0 Å². The first-order valence-corrected chi connectivity index (χ1v) is 4.68. The molecule has 2 aromatic rings. The van der Waals surface area contributed by atoms with Gasteiger partial charge in [-0.15, -0.1) is 0 Å². The molecule has 0 aliphatic rings. The van der Waals surface area contributed by atoms with Crippen LogP contribution in [0.15, 0.2) is 48.7 Å². The van der Waals surface area contributed by atoms with Gasteiger partial charge in [0.25, 0.3) is 0 Å². The Balaban J connectivity index is 2.32. The summed E-state index contributed by atoms with van der Waals surface area (Å²) in [4.78, 5) is 5.43. The Morgan fingerprint density at radius 2 is 1.80 bits per heavy atom. The molecule has 1 heterocycles. The fourth-order valence-electron chi connectivity index (χ4n) is 1.40. The molecule has 0 aliphatic heterocycles. The largest absolute Gasteiger partial charge is 0.344 e. The minimum atomic E-state index is -0.463. The van der Waals surface area contributed by atoms with Crippen LogP contribution in [-0.2, 0) is 0 Å². The van der Waals surface area contributed by atoms with E-state index in [1.807, 2.05) is 42.3 Å². The second kappa shape index (κ2) is 4.09. The van der Waals surface area contributed by atoms with Gasteiger partial charge in [0.1, 0.15) is 0 Å². The van der Waals surface area contributed by atoms with E-state index >= 15 is 0 Å². The van der Waals surface area contributed by atoms with Crippen molar-refractivity contribution in [3.63, 3.8) is 0 Å². The van der Waals surface area contributed by atoms with E-state index < -0.39 is 5.95 Å². The third kappa shape index (κ3) is 2.13. The Morgan fingerprint density at radius 1 is 1.07 bits per heavy atom. The maximum Gasteiger partial charge on any atom is 0.214 e. The Morgan fingerprint density at radius 3 is 2.47 bits per heavy atom. The molecule has 0 bridgehead atoms. The van der Waals surface area contributed by atoms with Crippen LogP contribution in [0.2, 0.25) is 0 Å². The Kier molecular flexibility index (Phi) is 2.63. The summed E-state index contributed by atoms with van der Waals surface area (Å²) in [7, 11) is 1.89. The maximum atomic E-state index is 12.9. The third-order valence-electron chi connectivity index (χ3n) is 2.24. The molecular formula is C12H11FN2. The number of benzene rings is 1. The predicted molar refractivity (Wildman–Crippen MR) is 58.7 cm³/mol. The lowest BCUT2D eigenvalue weighted by atomic mass is 10.2. The summed E-state index contributed by atoms with van der Waals surface area (Å²) in [5, 5.41) is 0. The minimum Gasteiger partial charge on any atom is -0.344 e. The van der Waals surface area contributed by atoms with E-state index in [0.29, 0.717) is 0 Å². The highest BCUT2D eigenvalue weighted by atomic mass is 19.1.